The maximum atomic E-state index is 12.1. The van der Waals surface area contributed by atoms with Crippen LogP contribution in [0.5, 0.6) is 0 Å². The van der Waals surface area contributed by atoms with E-state index in [2.05, 4.69) is 5.32 Å². The van der Waals surface area contributed by atoms with Gasteiger partial charge >= 0.3 is 5.69 Å². The molecule has 1 amide bonds. The molecule has 0 aliphatic rings. The van der Waals surface area contributed by atoms with E-state index in [1.165, 1.54) is 18.2 Å². The summed E-state index contributed by atoms with van der Waals surface area (Å²) >= 11 is 11.7. The van der Waals surface area contributed by atoms with Gasteiger partial charge < -0.3 is 5.32 Å². The van der Waals surface area contributed by atoms with E-state index < -0.39 is 16.5 Å². The molecule has 0 bridgehead atoms. The van der Waals surface area contributed by atoms with Gasteiger partial charge in [-0.25, -0.2) is 0 Å². The molecule has 0 aliphatic carbocycles. The summed E-state index contributed by atoms with van der Waals surface area (Å²) in [6, 6.07) is 11.2. The van der Waals surface area contributed by atoms with Gasteiger partial charge in [-0.1, -0.05) is 47.5 Å². The van der Waals surface area contributed by atoms with Crippen molar-refractivity contribution < 1.29 is 9.72 Å². The summed E-state index contributed by atoms with van der Waals surface area (Å²) < 4.78 is 0. The minimum absolute atomic E-state index is 0.0783. The lowest BCUT2D eigenvalue weighted by atomic mass is 10.1. The standard InChI is InChI=1S/C14H10Cl2N2O3/c15-11-6-2-1-4-9(11)8-17-14(19)10-5-3-7-12(16)13(10)18(20)21/h1-7H,8H2,(H,17,19). The summed E-state index contributed by atoms with van der Waals surface area (Å²) in [6.07, 6.45) is 0. The quantitative estimate of drug-likeness (QED) is 0.686. The SMILES string of the molecule is O=C(NCc1ccccc1Cl)c1cccc(Cl)c1[N+](=O)[O-]. The van der Waals surface area contributed by atoms with Crippen molar-refractivity contribution in [2.75, 3.05) is 0 Å². The van der Waals surface area contributed by atoms with Crippen LogP contribution in [0.25, 0.3) is 0 Å². The number of nitrogens with zero attached hydrogens (tertiary/aromatic N) is 1. The van der Waals surface area contributed by atoms with Crippen LogP contribution in [0.15, 0.2) is 42.5 Å². The Morgan fingerprint density at radius 1 is 1.10 bits per heavy atom. The summed E-state index contributed by atoms with van der Waals surface area (Å²) in [5.41, 5.74) is 0.229. The van der Waals surface area contributed by atoms with Gasteiger partial charge in [-0.2, -0.15) is 0 Å². The fourth-order valence-electron chi connectivity index (χ4n) is 1.80. The first-order valence-electron chi connectivity index (χ1n) is 5.95. The number of nitro benzene ring substituents is 1. The lowest BCUT2D eigenvalue weighted by Crippen LogP contribution is -2.23. The van der Waals surface area contributed by atoms with Crippen molar-refractivity contribution in [1.82, 2.24) is 5.32 Å². The molecule has 0 aliphatic heterocycles. The molecule has 5 nitrogen and oxygen atoms in total. The van der Waals surface area contributed by atoms with Crippen molar-refractivity contribution >= 4 is 34.8 Å². The van der Waals surface area contributed by atoms with E-state index in [0.717, 1.165) is 5.56 Å². The monoisotopic (exact) mass is 324 g/mol. The van der Waals surface area contributed by atoms with Crippen molar-refractivity contribution in [3.05, 3.63) is 73.8 Å². The van der Waals surface area contributed by atoms with Crippen LogP contribution in [-0.4, -0.2) is 10.8 Å². The number of halogens is 2. The highest BCUT2D eigenvalue weighted by Crippen LogP contribution is 2.28. The molecule has 21 heavy (non-hydrogen) atoms. The predicted octanol–water partition coefficient (Wildman–Crippen LogP) is 3.83. The zero-order valence-corrected chi connectivity index (χ0v) is 12.2. The predicted molar refractivity (Wildman–Crippen MR) is 80.7 cm³/mol. The van der Waals surface area contributed by atoms with E-state index in [1.807, 2.05) is 0 Å². The molecule has 0 spiro atoms. The van der Waals surface area contributed by atoms with Crippen LogP contribution in [0.2, 0.25) is 10.0 Å². The van der Waals surface area contributed by atoms with Crippen molar-refractivity contribution in [2.45, 2.75) is 6.54 Å². The van der Waals surface area contributed by atoms with Crippen LogP contribution in [0.4, 0.5) is 5.69 Å². The first kappa shape index (κ1) is 15.3. The normalized spacial score (nSPS) is 10.2. The van der Waals surface area contributed by atoms with Crippen LogP contribution in [0.1, 0.15) is 15.9 Å². The van der Waals surface area contributed by atoms with Gasteiger partial charge in [0, 0.05) is 11.6 Å². The number of hydrogen-bond donors (Lipinski definition) is 1. The molecule has 108 valence electrons. The van der Waals surface area contributed by atoms with Gasteiger partial charge in [-0.3, -0.25) is 14.9 Å². The van der Waals surface area contributed by atoms with Gasteiger partial charge in [0.25, 0.3) is 5.91 Å². The number of nitrogens with one attached hydrogen (secondary N) is 1. The molecule has 0 fully saturated rings. The Labute approximate surface area is 130 Å². The Morgan fingerprint density at radius 3 is 2.43 bits per heavy atom. The minimum atomic E-state index is -0.674. The third-order valence-corrected chi connectivity index (χ3v) is 3.48. The molecular weight excluding hydrogens is 315 g/mol. The number of hydrogen-bond acceptors (Lipinski definition) is 3. The molecule has 0 unspecified atom stereocenters. The van der Waals surface area contributed by atoms with Gasteiger partial charge in [-0.15, -0.1) is 0 Å². The van der Waals surface area contributed by atoms with Crippen molar-refractivity contribution in [1.29, 1.82) is 0 Å². The Balaban J connectivity index is 2.20. The average Bonchev–Trinajstić information content (AvgIpc) is 2.45. The van der Waals surface area contributed by atoms with E-state index in [-0.39, 0.29) is 17.1 Å². The molecule has 2 rings (SSSR count). The second-order valence-corrected chi connectivity index (χ2v) is 4.98. The summed E-state index contributed by atoms with van der Waals surface area (Å²) in [7, 11) is 0. The smallest absolute Gasteiger partial charge is 0.300 e. The van der Waals surface area contributed by atoms with E-state index in [0.29, 0.717) is 5.02 Å². The fraction of sp³-hybridized carbons (Fsp3) is 0.0714. The largest absolute Gasteiger partial charge is 0.348 e. The zero-order valence-electron chi connectivity index (χ0n) is 10.7. The molecule has 0 heterocycles. The number of carbonyl (C=O) groups is 1. The summed E-state index contributed by atoms with van der Waals surface area (Å²) in [6.45, 7) is 0.169. The van der Waals surface area contributed by atoms with Gasteiger partial charge in [-0.05, 0) is 23.8 Å². The van der Waals surface area contributed by atoms with E-state index in [1.54, 1.807) is 24.3 Å². The molecule has 0 aromatic heterocycles. The number of rotatable bonds is 4. The van der Waals surface area contributed by atoms with Crippen LogP contribution in [0, 0.1) is 10.1 Å². The van der Waals surface area contributed by atoms with E-state index >= 15 is 0 Å². The zero-order chi connectivity index (χ0) is 15.4. The molecule has 0 saturated carbocycles. The molecule has 0 atom stereocenters. The van der Waals surface area contributed by atoms with Crippen LogP contribution >= 0.6 is 23.2 Å². The van der Waals surface area contributed by atoms with Gasteiger partial charge in [0.15, 0.2) is 0 Å². The summed E-state index contributed by atoms with van der Waals surface area (Å²) in [5, 5.41) is 14.0. The molecule has 1 N–H and O–H groups in total. The third kappa shape index (κ3) is 3.51. The first-order valence-corrected chi connectivity index (χ1v) is 6.71. The van der Waals surface area contributed by atoms with Gasteiger partial charge in [0.1, 0.15) is 10.6 Å². The van der Waals surface area contributed by atoms with Crippen molar-refractivity contribution in [2.24, 2.45) is 0 Å². The van der Waals surface area contributed by atoms with Crippen LogP contribution < -0.4 is 5.32 Å². The molecular formula is C14H10Cl2N2O3. The Bertz CT molecular complexity index is 704. The Kier molecular flexibility index (Phi) is 4.77. The first-order chi connectivity index (χ1) is 10.0. The number of benzene rings is 2. The molecule has 2 aromatic rings. The average molecular weight is 325 g/mol. The number of amides is 1. The number of carbonyl (C=O) groups excluding carboxylic acids is 1. The fourth-order valence-corrected chi connectivity index (χ4v) is 2.24. The molecule has 7 heteroatoms. The topological polar surface area (TPSA) is 72.2 Å². The third-order valence-electron chi connectivity index (χ3n) is 2.81. The highest BCUT2D eigenvalue weighted by atomic mass is 35.5. The minimum Gasteiger partial charge on any atom is -0.348 e. The maximum Gasteiger partial charge on any atom is 0.300 e. The Morgan fingerprint density at radius 2 is 1.76 bits per heavy atom. The Hall–Kier alpha value is -2.11. The lowest BCUT2D eigenvalue weighted by molar-refractivity contribution is -0.385. The highest BCUT2D eigenvalue weighted by Gasteiger charge is 2.23. The number of nitro groups is 1. The summed E-state index contributed by atoms with van der Waals surface area (Å²) in [4.78, 5) is 22.4. The highest BCUT2D eigenvalue weighted by molar-refractivity contribution is 6.33. The van der Waals surface area contributed by atoms with Crippen molar-refractivity contribution in [3.63, 3.8) is 0 Å². The summed E-state index contributed by atoms with van der Waals surface area (Å²) in [5.74, 6) is -0.580. The second-order valence-electron chi connectivity index (χ2n) is 4.17. The van der Waals surface area contributed by atoms with Crippen LogP contribution in [-0.2, 0) is 6.54 Å². The second kappa shape index (κ2) is 6.56. The van der Waals surface area contributed by atoms with E-state index in [9.17, 15) is 14.9 Å². The molecule has 0 radical (unpaired) electrons. The molecule has 2 aromatic carbocycles. The van der Waals surface area contributed by atoms with Gasteiger partial charge in [0.05, 0.1) is 4.92 Å². The maximum absolute atomic E-state index is 12.1. The van der Waals surface area contributed by atoms with Crippen molar-refractivity contribution in [3.8, 4) is 0 Å². The lowest BCUT2D eigenvalue weighted by Gasteiger charge is -2.08. The van der Waals surface area contributed by atoms with Crippen LogP contribution in [0.3, 0.4) is 0 Å². The van der Waals surface area contributed by atoms with E-state index in [4.69, 9.17) is 23.2 Å². The molecule has 0 saturated heterocycles. The number of para-hydroxylation sites is 1. The van der Waals surface area contributed by atoms with Gasteiger partial charge in [0.2, 0.25) is 0 Å².